The van der Waals surface area contributed by atoms with Gasteiger partial charge in [0.2, 0.25) is 0 Å². The first-order valence-electron chi connectivity index (χ1n) is 10.5. The Morgan fingerprint density at radius 3 is 2.75 bits per heavy atom. The number of hydrogen-bond acceptors (Lipinski definition) is 4. The number of likely N-dealkylation sites (tertiary alicyclic amines) is 1. The summed E-state index contributed by atoms with van der Waals surface area (Å²) in [5.41, 5.74) is 3.15. The van der Waals surface area contributed by atoms with Gasteiger partial charge >= 0.3 is 5.63 Å². The smallest absolute Gasteiger partial charge is 0.339 e. The van der Waals surface area contributed by atoms with Gasteiger partial charge in [-0.3, -0.25) is 4.79 Å². The second-order valence-electron chi connectivity index (χ2n) is 8.35. The molecular formula is C23H29NO4. The highest BCUT2D eigenvalue weighted by Crippen LogP contribution is 2.32. The van der Waals surface area contributed by atoms with Gasteiger partial charge in [0.05, 0.1) is 0 Å². The van der Waals surface area contributed by atoms with E-state index < -0.39 is 0 Å². The number of piperidine rings is 1. The maximum atomic E-state index is 12.5. The third-order valence-corrected chi connectivity index (χ3v) is 6.20. The Morgan fingerprint density at radius 2 is 1.96 bits per heavy atom. The van der Waals surface area contributed by atoms with Crippen molar-refractivity contribution in [3.05, 3.63) is 39.2 Å². The minimum atomic E-state index is -0.219. The van der Waals surface area contributed by atoms with Crippen LogP contribution in [-0.2, 0) is 17.6 Å². The first kappa shape index (κ1) is 19.0. The van der Waals surface area contributed by atoms with Gasteiger partial charge in [-0.2, -0.15) is 0 Å². The normalized spacial score (nSPS) is 19.9. The Kier molecular flexibility index (Phi) is 5.42. The summed E-state index contributed by atoms with van der Waals surface area (Å²) in [7, 11) is 0. The van der Waals surface area contributed by atoms with E-state index in [-0.39, 0.29) is 18.1 Å². The van der Waals surface area contributed by atoms with Gasteiger partial charge in [-0.25, -0.2) is 4.79 Å². The molecule has 1 unspecified atom stereocenters. The van der Waals surface area contributed by atoms with Gasteiger partial charge in [0.1, 0.15) is 11.3 Å². The fourth-order valence-electron chi connectivity index (χ4n) is 4.60. The summed E-state index contributed by atoms with van der Waals surface area (Å²) in [5, 5.41) is 1.01. The summed E-state index contributed by atoms with van der Waals surface area (Å²) in [5.74, 6) is 1.18. The first-order chi connectivity index (χ1) is 13.5. The summed E-state index contributed by atoms with van der Waals surface area (Å²) >= 11 is 0. The molecule has 150 valence electrons. The van der Waals surface area contributed by atoms with Crippen molar-refractivity contribution in [2.75, 3.05) is 19.7 Å². The Bertz CT molecular complexity index is 946. The molecule has 0 N–H and O–H groups in total. The number of fused-ring (bicyclic) bond motifs is 3. The van der Waals surface area contributed by atoms with E-state index in [1.165, 1.54) is 6.42 Å². The maximum absolute atomic E-state index is 12.5. The van der Waals surface area contributed by atoms with Crippen molar-refractivity contribution >= 4 is 16.9 Å². The lowest BCUT2D eigenvalue weighted by atomic mass is 9.98. The van der Waals surface area contributed by atoms with E-state index in [9.17, 15) is 9.59 Å². The third kappa shape index (κ3) is 3.67. The van der Waals surface area contributed by atoms with E-state index in [4.69, 9.17) is 9.15 Å². The standard InChI is InChI=1S/C23H29NO4/c1-15-7-6-12-24(13-15)21(25)14-27-20-11-10-18-17-8-4-3-5-9-19(17)23(26)28-22(18)16(20)2/h10-11,15H,3-9,12-14H2,1-2H3. The molecule has 2 aromatic rings. The summed E-state index contributed by atoms with van der Waals surface area (Å²) < 4.78 is 11.5. The molecule has 0 spiro atoms. The van der Waals surface area contributed by atoms with Gasteiger partial charge in [0.15, 0.2) is 6.61 Å². The quantitative estimate of drug-likeness (QED) is 0.594. The number of carbonyl (C=O) groups excluding carboxylic acids is 1. The molecule has 1 aromatic carbocycles. The number of nitrogens with zero attached hydrogens (tertiary/aromatic N) is 1. The minimum absolute atomic E-state index is 0.0221. The molecule has 0 bridgehead atoms. The highest BCUT2D eigenvalue weighted by Gasteiger charge is 2.22. The van der Waals surface area contributed by atoms with Crippen molar-refractivity contribution in [1.29, 1.82) is 0 Å². The minimum Gasteiger partial charge on any atom is -0.483 e. The van der Waals surface area contributed by atoms with Crippen LogP contribution in [0.5, 0.6) is 5.75 Å². The van der Waals surface area contributed by atoms with Gasteiger partial charge in [-0.1, -0.05) is 13.3 Å². The van der Waals surface area contributed by atoms with Crippen molar-refractivity contribution in [2.45, 2.75) is 58.8 Å². The molecule has 0 saturated carbocycles. The molecule has 1 atom stereocenters. The molecule has 1 amide bonds. The average Bonchev–Trinajstić information content (AvgIpc) is 2.95. The Hall–Kier alpha value is -2.30. The van der Waals surface area contributed by atoms with Gasteiger partial charge in [0, 0.05) is 29.6 Å². The van der Waals surface area contributed by atoms with Crippen LogP contribution in [0.2, 0.25) is 0 Å². The number of amides is 1. The molecule has 2 aliphatic rings. The lowest BCUT2D eigenvalue weighted by Gasteiger charge is -2.30. The predicted octanol–water partition coefficient (Wildman–Crippen LogP) is 4.01. The van der Waals surface area contributed by atoms with E-state index >= 15 is 0 Å². The van der Waals surface area contributed by atoms with E-state index in [1.807, 2.05) is 24.0 Å². The maximum Gasteiger partial charge on any atom is 0.339 e. The summed E-state index contributed by atoms with van der Waals surface area (Å²) in [6.07, 6.45) is 7.24. The number of aryl methyl sites for hydroxylation is 2. The van der Waals surface area contributed by atoms with E-state index in [0.29, 0.717) is 17.3 Å². The summed E-state index contributed by atoms with van der Waals surface area (Å²) in [6.45, 7) is 5.72. The Morgan fingerprint density at radius 1 is 1.18 bits per heavy atom. The topological polar surface area (TPSA) is 59.8 Å². The van der Waals surface area contributed by atoms with Gasteiger partial charge in [0.25, 0.3) is 5.91 Å². The van der Waals surface area contributed by atoms with Crippen molar-refractivity contribution < 1.29 is 13.9 Å². The monoisotopic (exact) mass is 383 g/mol. The molecule has 4 rings (SSSR count). The SMILES string of the molecule is Cc1c(OCC(=O)N2CCCC(C)C2)ccc2c3c(c(=O)oc12)CCCCC3. The first-order valence-corrected chi connectivity index (χ1v) is 10.5. The fourth-order valence-corrected chi connectivity index (χ4v) is 4.60. The molecule has 1 aromatic heterocycles. The lowest BCUT2D eigenvalue weighted by molar-refractivity contribution is -0.135. The second-order valence-corrected chi connectivity index (χ2v) is 8.35. The molecule has 1 saturated heterocycles. The Balaban J connectivity index is 1.58. The molecule has 5 heteroatoms. The zero-order valence-electron chi connectivity index (χ0n) is 16.9. The molecule has 1 aliphatic carbocycles. The molecule has 28 heavy (non-hydrogen) atoms. The number of benzene rings is 1. The van der Waals surface area contributed by atoms with Crippen LogP contribution in [0.15, 0.2) is 21.3 Å². The van der Waals surface area contributed by atoms with Crippen molar-refractivity contribution in [3.63, 3.8) is 0 Å². The summed E-state index contributed by atoms with van der Waals surface area (Å²) in [6, 6.07) is 3.90. The van der Waals surface area contributed by atoms with Crippen molar-refractivity contribution in [1.82, 2.24) is 4.90 Å². The zero-order valence-corrected chi connectivity index (χ0v) is 16.9. The second kappa shape index (κ2) is 7.98. The van der Waals surface area contributed by atoms with Crippen LogP contribution in [0.3, 0.4) is 0 Å². The van der Waals surface area contributed by atoms with Gasteiger partial charge in [-0.15, -0.1) is 0 Å². The largest absolute Gasteiger partial charge is 0.483 e. The number of rotatable bonds is 3. The molecular weight excluding hydrogens is 354 g/mol. The summed E-state index contributed by atoms with van der Waals surface area (Å²) in [4.78, 5) is 26.9. The van der Waals surface area contributed by atoms with Crippen molar-refractivity contribution in [2.24, 2.45) is 5.92 Å². The lowest BCUT2D eigenvalue weighted by Crippen LogP contribution is -2.41. The molecule has 0 radical (unpaired) electrons. The van der Waals surface area contributed by atoms with Crippen LogP contribution in [-0.4, -0.2) is 30.5 Å². The van der Waals surface area contributed by atoms with E-state index in [1.54, 1.807) is 0 Å². The van der Waals surface area contributed by atoms with E-state index in [2.05, 4.69) is 6.92 Å². The zero-order chi connectivity index (χ0) is 19.7. The van der Waals surface area contributed by atoms with Crippen LogP contribution in [0.1, 0.15) is 55.7 Å². The predicted molar refractivity (Wildman–Crippen MR) is 109 cm³/mol. The number of ether oxygens (including phenoxy) is 1. The Labute approximate surface area is 165 Å². The fraction of sp³-hybridized carbons (Fsp3) is 0.565. The molecule has 5 nitrogen and oxygen atoms in total. The molecule has 2 heterocycles. The highest BCUT2D eigenvalue weighted by atomic mass is 16.5. The van der Waals surface area contributed by atoms with Crippen LogP contribution >= 0.6 is 0 Å². The number of carbonyl (C=O) groups is 1. The van der Waals surface area contributed by atoms with Crippen LogP contribution in [0.4, 0.5) is 0 Å². The third-order valence-electron chi connectivity index (χ3n) is 6.20. The number of hydrogen-bond donors (Lipinski definition) is 0. The van der Waals surface area contributed by atoms with Crippen LogP contribution < -0.4 is 10.4 Å². The molecule has 1 fully saturated rings. The van der Waals surface area contributed by atoms with Crippen molar-refractivity contribution in [3.8, 4) is 5.75 Å². The van der Waals surface area contributed by atoms with Crippen LogP contribution in [0.25, 0.3) is 11.0 Å². The average molecular weight is 383 g/mol. The molecule has 1 aliphatic heterocycles. The van der Waals surface area contributed by atoms with Gasteiger partial charge in [-0.05, 0) is 69.1 Å². The highest BCUT2D eigenvalue weighted by molar-refractivity contribution is 5.86. The van der Waals surface area contributed by atoms with Crippen LogP contribution in [0, 0.1) is 12.8 Å². The van der Waals surface area contributed by atoms with Gasteiger partial charge < -0.3 is 14.1 Å². The van der Waals surface area contributed by atoms with E-state index in [0.717, 1.165) is 73.7 Å².